The summed E-state index contributed by atoms with van der Waals surface area (Å²) in [5, 5.41) is 2.84. The van der Waals surface area contributed by atoms with Gasteiger partial charge in [-0.15, -0.1) is 0 Å². The number of oxazole rings is 1. The van der Waals surface area contributed by atoms with Gasteiger partial charge in [0.05, 0.1) is 11.5 Å². The average molecular weight is 386 g/mol. The smallest absolute Gasteiger partial charge is 0.233 e. The van der Waals surface area contributed by atoms with Gasteiger partial charge in [0.1, 0.15) is 5.75 Å². The highest BCUT2D eigenvalue weighted by Gasteiger charge is 2.28. The van der Waals surface area contributed by atoms with E-state index in [0.717, 1.165) is 11.3 Å². The van der Waals surface area contributed by atoms with E-state index in [1.54, 1.807) is 48.5 Å². The molecule has 0 aliphatic heterocycles. The number of rotatable bonds is 7. The molecule has 0 fully saturated rings. The second kappa shape index (κ2) is 7.84. The van der Waals surface area contributed by atoms with E-state index in [4.69, 9.17) is 9.15 Å². The number of hydrogen-bond donors (Lipinski definition) is 1. The fourth-order valence-corrected chi connectivity index (χ4v) is 3.85. The van der Waals surface area contributed by atoms with Crippen LogP contribution in [0.25, 0.3) is 11.5 Å². The van der Waals surface area contributed by atoms with Crippen molar-refractivity contribution in [3.63, 3.8) is 0 Å². The zero-order valence-electron chi connectivity index (χ0n) is 15.5. The lowest BCUT2D eigenvalue weighted by Crippen LogP contribution is -2.07. The second-order valence-corrected chi connectivity index (χ2v) is 7.82. The summed E-state index contributed by atoms with van der Waals surface area (Å²) >= 11 is 0. The van der Waals surface area contributed by atoms with Gasteiger partial charge >= 0.3 is 0 Å². The average Bonchev–Trinajstić information content (AvgIpc) is 3.08. The molecule has 142 valence electrons. The molecule has 3 aromatic rings. The molecule has 0 aliphatic rings. The molecule has 0 unspecified atom stereocenters. The predicted octanol–water partition coefficient (Wildman–Crippen LogP) is 4.31. The molecule has 1 N–H and O–H groups in total. The maximum absolute atomic E-state index is 13.0. The third kappa shape index (κ3) is 3.98. The molecule has 0 atom stereocenters. The van der Waals surface area contributed by atoms with Crippen molar-refractivity contribution in [3.05, 3.63) is 54.1 Å². The number of aryl methyl sites for hydroxylation is 1. The van der Waals surface area contributed by atoms with Crippen LogP contribution in [-0.2, 0) is 9.84 Å². The molecule has 7 heteroatoms. The molecule has 0 spiro atoms. The molecule has 1 heterocycles. The standard InChI is InChI=1S/C20H22N2O4S/c1-4-21-19-20(27(23,24)17-12-6-14(3)7-13-17)22-18(26-19)15-8-10-16(11-9-15)25-5-2/h6-13,21H,4-5H2,1-3H3. The zero-order chi connectivity index (χ0) is 19.4. The van der Waals surface area contributed by atoms with E-state index in [2.05, 4.69) is 10.3 Å². The number of ether oxygens (including phenoxy) is 1. The molecule has 0 radical (unpaired) electrons. The summed E-state index contributed by atoms with van der Waals surface area (Å²) < 4.78 is 37.2. The van der Waals surface area contributed by atoms with Crippen molar-refractivity contribution in [2.75, 3.05) is 18.5 Å². The fraction of sp³-hybridized carbons (Fsp3) is 0.250. The quantitative estimate of drug-likeness (QED) is 0.651. The minimum atomic E-state index is -3.80. The number of hydrogen-bond acceptors (Lipinski definition) is 6. The highest BCUT2D eigenvalue weighted by Crippen LogP contribution is 2.32. The summed E-state index contributed by atoms with van der Waals surface area (Å²) in [6, 6.07) is 13.8. The van der Waals surface area contributed by atoms with Crippen LogP contribution in [0.2, 0.25) is 0 Å². The SMILES string of the molecule is CCNc1oc(-c2ccc(OCC)cc2)nc1S(=O)(=O)c1ccc(C)cc1. The zero-order valence-corrected chi connectivity index (χ0v) is 16.3. The minimum absolute atomic E-state index is 0.114. The molecule has 0 saturated carbocycles. The van der Waals surface area contributed by atoms with Crippen molar-refractivity contribution in [1.29, 1.82) is 0 Å². The Morgan fingerprint density at radius 1 is 1.04 bits per heavy atom. The number of anilines is 1. The van der Waals surface area contributed by atoms with Crippen LogP contribution < -0.4 is 10.1 Å². The van der Waals surface area contributed by atoms with Gasteiger partial charge in [0.2, 0.25) is 26.6 Å². The number of sulfone groups is 1. The first kappa shape index (κ1) is 19.0. The summed E-state index contributed by atoms with van der Waals surface area (Å²) in [5.74, 6) is 1.11. The Morgan fingerprint density at radius 3 is 2.30 bits per heavy atom. The Balaban J connectivity index is 2.04. The van der Waals surface area contributed by atoms with Crippen LogP contribution in [0.5, 0.6) is 5.75 Å². The highest BCUT2D eigenvalue weighted by atomic mass is 32.2. The topological polar surface area (TPSA) is 81.4 Å². The van der Waals surface area contributed by atoms with Gasteiger partial charge in [0.15, 0.2) is 0 Å². The third-order valence-corrected chi connectivity index (χ3v) is 5.61. The molecule has 0 saturated heterocycles. The number of aromatic nitrogens is 1. The lowest BCUT2D eigenvalue weighted by Gasteiger charge is -2.04. The van der Waals surface area contributed by atoms with E-state index >= 15 is 0 Å². The Morgan fingerprint density at radius 2 is 1.70 bits per heavy atom. The Hall–Kier alpha value is -2.80. The van der Waals surface area contributed by atoms with Gasteiger partial charge in [0.25, 0.3) is 0 Å². The number of benzene rings is 2. The largest absolute Gasteiger partial charge is 0.494 e. The Bertz CT molecular complexity index is 1010. The second-order valence-electron chi connectivity index (χ2n) is 5.96. The van der Waals surface area contributed by atoms with Crippen molar-refractivity contribution in [2.24, 2.45) is 0 Å². The maximum atomic E-state index is 13.0. The molecule has 2 aromatic carbocycles. The van der Waals surface area contributed by atoms with Crippen LogP contribution in [0, 0.1) is 6.92 Å². The molecular weight excluding hydrogens is 364 g/mol. The van der Waals surface area contributed by atoms with Gasteiger partial charge in [-0.2, -0.15) is 4.98 Å². The van der Waals surface area contributed by atoms with Gasteiger partial charge in [0, 0.05) is 12.1 Å². The number of nitrogens with one attached hydrogen (secondary N) is 1. The van der Waals surface area contributed by atoms with Crippen molar-refractivity contribution in [3.8, 4) is 17.2 Å². The van der Waals surface area contributed by atoms with Crippen molar-refractivity contribution >= 4 is 15.7 Å². The summed E-state index contributed by atoms with van der Waals surface area (Å²) in [4.78, 5) is 4.47. The van der Waals surface area contributed by atoms with Gasteiger partial charge in [-0.25, -0.2) is 8.42 Å². The lowest BCUT2D eigenvalue weighted by molar-refractivity contribution is 0.340. The number of nitrogens with zero attached hydrogens (tertiary/aromatic N) is 1. The molecule has 0 amide bonds. The summed E-state index contributed by atoms with van der Waals surface area (Å²) in [5.41, 5.74) is 1.65. The normalized spacial score (nSPS) is 11.4. The fourth-order valence-electron chi connectivity index (χ4n) is 2.57. The van der Waals surface area contributed by atoms with Crippen molar-refractivity contribution in [2.45, 2.75) is 30.7 Å². The monoisotopic (exact) mass is 386 g/mol. The summed E-state index contributed by atoms with van der Waals surface area (Å²) in [7, 11) is -3.80. The molecule has 0 bridgehead atoms. The maximum Gasteiger partial charge on any atom is 0.233 e. The molecule has 27 heavy (non-hydrogen) atoms. The van der Waals surface area contributed by atoms with E-state index in [-0.39, 0.29) is 21.7 Å². The van der Waals surface area contributed by atoms with Crippen molar-refractivity contribution < 1.29 is 17.6 Å². The van der Waals surface area contributed by atoms with Gasteiger partial charge in [-0.1, -0.05) is 17.7 Å². The van der Waals surface area contributed by atoms with Crippen LogP contribution in [-0.4, -0.2) is 26.6 Å². The molecule has 6 nitrogen and oxygen atoms in total. The van der Waals surface area contributed by atoms with Gasteiger partial charge < -0.3 is 14.5 Å². The van der Waals surface area contributed by atoms with E-state index in [9.17, 15) is 8.42 Å². The highest BCUT2D eigenvalue weighted by molar-refractivity contribution is 7.91. The molecule has 0 aliphatic carbocycles. The van der Waals surface area contributed by atoms with Crippen molar-refractivity contribution in [1.82, 2.24) is 4.98 Å². The molecular formula is C20H22N2O4S. The Kier molecular flexibility index (Phi) is 5.51. The lowest BCUT2D eigenvalue weighted by atomic mass is 10.2. The van der Waals surface area contributed by atoms with Crippen LogP contribution in [0.1, 0.15) is 19.4 Å². The van der Waals surface area contributed by atoms with Crippen LogP contribution in [0.15, 0.2) is 62.9 Å². The molecule has 3 rings (SSSR count). The van der Waals surface area contributed by atoms with Gasteiger partial charge in [-0.05, 0) is 57.2 Å². The predicted molar refractivity (Wildman–Crippen MR) is 104 cm³/mol. The van der Waals surface area contributed by atoms with Crippen LogP contribution in [0.3, 0.4) is 0 Å². The van der Waals surface area contributed by atoms with E-state index in [1.807, 2.05) is 20.8 Å². The first-order valence-electron chi connectivity index (χ1n) is 8.75. The van der Waals surface area contributed by atoms with Gasteiger partial charge in [-0.3, -0.25) is 0 Å². The first-order valence-corrected chi connectivity index (χ1v) is 10.2. The summed E-state index contributed by atoms with van der Waals surface area (Å²) in [6.45, 7) is 6.75. The minimum Gasteiger partial charge on any atom is -0.494 e. The van der Waals surface area contributed by atoms with Crippen LogP contribution >= 0.6 is 0 Å². The van der Waals surface area contributed by atoms with E-state index in [1.165, 1.54) is 0 Å². The summed E-state index contributed by atoms with van der Waals surface area (Å²) in [6.07, 6.45) is 0. The first-order chi connectivity index (χ1) is 13.0. The van der Waals surface area contributed by atoms with Crippen LogP contribution in [0.4, 0.5) is 5.88 Å². The van der Waals surface area contributed by atoms with E-state index < -0.39 is 9.84 Å². The molecule has 1 aromatic heterocycles. The Labute approximate surface area is 159 Å². The van der Waals surface area contributed by atoms with E-state index in [0.29, 0.717) is 18.7 Å². The third-order valence-electron chi connectivity index (χ3n) is 3.93.